The number of rotatable bonds is 4. The van der Waals surface area contributed by atoms with Crippen molar-refractivity contribution in [3.63, 3.8) is 0 Å². The fourth-order valence-corrected chi connectivity index (χ4v) is 4.95. The molecule has 2 aliphatic heterocycles. The monoisotopic (exact) mass is 446 g/mol. The minimum absolute atomic E-state index is 0.0571. The van der Waals surface area contributed by atoms with Crippen LogP contribution in [0.5, 0.6) is 0 Å². The Labute approximate surface area is 194 Å². The maximum Gasteiger partial charge on any atom is 0.317 e. The molecule has 4 rings (SSSR count). The first-order chi connectivity index (χ1) is 16.1. The summed E-state index contributed by atoms with van der Waals surface area (Å²) >= 11 is 0. The molecule has 0 spiro atoms. The first kappa shape index (κ1) is 22.7. The van der Waals surface area contributed by atoms with Crippen molar-refractivity contribution < 1.29 is 14.3 Å². The van der Waals surface area contributed by atoms with E-state index in [1.807, 2.05) is 59.5 Å². The molecular weight excluding hydrogens is 416 g/mol. The third-order valence-electron chi connectivity index (χ3n) is 6.99. The van der Waals surface area contributed by atoms with Crippen molar-refractivity contribution in [1.29, 1.82) is 5.26 Å². The van der Waals surface area contributed by atoms with Crippen molar-refractivity contribution in [3.8, 4) is 6.07 Å². The molecule has 2 heterocycles. The average Bonchev–Trinajstić information content (AvgIpc) is 2.89. The topological polar surface area (TPSA) is 85.7 Å². The molecule has 0 atom stereocenters. The molecule has 33 heavy (non-hydrogen) atoms. The Kier molecular flexibility index (Phi) is 6.83. The summed E-state index contributed by atoms with van der Waals surface area (Å²) < 4.78 is 5.15. The van der Waals surface area contributed by atoms with Crippen LogP contribution in [0.1, 0.15) is 36.8 Å². The number of esters is 1. The van der Waals surface area contributed by atoms with Gasteiger partial charge in [-0.05, 0) is 55.5 Å². The smallest absolute Gasteiger partial charge is 0.317 e. The van der Waals surface area contributed by atoms with E-state index in [1.165, 1.54) is 7.11 Å². The van der Waals surface area contributed by atoms with Crippen LogP contribution in [0.15, 0.2) is 54.6 Å². The van der Waals surface area contributed by atoms with Crippen LogP contribution in [-0.4, -0.2) is 56.2 Å². The van der Waals surface area contributed by atoms with Crippen LogP contribution >= 0.6 is 0 Å². The van der Waals surface area contributed by atoms with E-state index in [2.05, 4.69) is 16.3 Å². The molecule has 0 saturated carbocycles. The summed E-state index contributed by atoms with van der Waals surface area (Å²) in [5.74, 6) is -0.232. The predicted octanol–water partition coefficient (Wildman–Crippen LogP) is 3.44. The van der Waals surface area contributed by atoms with Gasteiger partial charge in [0.1, 0.15) is 0 Å². The number of urea groups is 1. The Hall–Kier alpha value is -3.53. The van der Waals surface area contributed by atoms with Gasteiger partial charge in [0.15, 0.2) is 0 Å². The molecule has 2 saturated heterocycles. The lowest BCUT2D eigenvalue weighted by Gasteiger charge is -2.41. The van der Waals surface area contributed by atoms with Crippen LogP contribution < -0.4 is 10.2 Å². The quantitative estimate of drug-likeness (QED) is 0.727. The lowest BCUT2D eigenvalue weighted by molar-refractivity contribution is -0.149. The summed E-state index contributed by atoms with van der Waals surface area (Å²) in [6, 6.07) is 19.6. The van der Waals surface area contributed by atoms with Gasteiger partial charge in [0.05, 0.1) is 24.2 Å². The third-order valence-corrected chi connectivity index (χ3v) is 6.99. The van der Waals surface area contributed by atoms with Crippen LogP contribution in [0.2, 0.25) is 0 Å². The van der Waals surface area contributed by atoms with E-state index in [9.17, 15) is 9.59 Å². The Morgan fingerprint density at radius 2 is 1.64 bits per heavy atom. The van der Waals surface area contributed by atoms with Crippen molar-refractivity contribution in [3.05, 3.63) is 65.7 Å². The van der Waals surface area contributed by atoms with Gasteiger partial charge in [-0.25, -0.2) is 4.79 Å². The van der Waals surface area contributed by atoms with E-state index in [0.717, 1.165) is 37.2 Å². The van der Waals surface area contributed by atoms with Crippen molar-refractivity contribution in [1.82, 2.24) is 10.2 Å². The van der Waals surface area contributed by atoms with E-state index in [0.29, 0.717) is 31.5 Å². The zero-order chi connectivity index (χ0) is 23.3. The maximum atomic E-state index is 12.9. The van der Waals surface area contributed by atoms with Gasteiger partial charge in [-0.3, -0.25) is 4.79 Å². The minimum Gasteiger partial charge on any atom is -0.468 e. The van der Waals surface area contributed by atoms with Crippen LogP contribution in [-0.2, 0) is 14.9 Å². The first-order valence-electron chi connectivity index (χ1n) is 11.5. The van der Waals surface area contributed by atoms with Gasteiger partial charge in [-0.15, -0.1) is 0 Å². The van der Waals surface area contributed by atoms with Gasteiger partial charge >= 0.3 is 12.0 Å². The van der Waals surface area contributed by atoms with Crippen LogP contribution in [0.4, 0.5) is 10.5 Å². The molecule has 0 bridgehead atoms. The molecule has 2 amide bonds. The largest absolute Gasteiger partial charge is 0.468 e. The summed E-state index contributed by atoms with van der Waals surface area (Å²) in [4.78, 5) is 29.7. The Bertz CT molecular complexity index is 1000. The van der Waals surface area contributed by atoms with Gasteiger partial charge < -0.3 is 19.9 Å². The lowest BCUT2D eigenvalue weighted by atomic mass is 9.73. The Balaban J connectivity index is 1.30. The number of hydrogen-bond donors (Lipinski definition) is 1. The SMILES string of the molecule is COC(=O)C1(c2ccccc2)CCN(C(=O)NC2CCN(c3ccc(C#N)cc3)CC2)CC1. The molecule has 172 valence electrons. The molecule has 2 aliphatic rings. The Morgan fingerprint density at radius 1 is 1.00 bits per heavy atom. The first-order valence-corrected chi connectivity index (χ1v) is 11.5. The molecule has 0 radical (unpaired) electrons. The molecule has 2 fully saturated rings. The van der Waals surface area contributed by atoms with Gasteiger partial charge in [-0.1, -0.05) is 30.3 Å². The fraction of sp³-hybridized carbons (Fsp3) is 0.423. The average molecular weight is 447 g/mol. The lowest BCUT2D eigenvalue weighted by Crippen LogP contribution is -2.54. The number of piperidine rings is 2. The number of likely N-dealkylation sites (tertiary alicyclic amines) is 1. The number of carbonyl (C=O) groups excluding carboxylic acids is 2. The molecular formula is C26H30N4O3. The van der Waals surface area contributed by atoms with Crippen molar-refractivity contribution in [2.75, 3.05) is 38.2 Å². The number of benzene rings is 2. The molecule has 0 unspecified atom stereocenters. The van der Waals surface area contributed by atoms with Crippen molar-refractivity contribution in [2.45, 2.75) is 37.1 Å². The molecule has 0 aromatic heterocycles. The highest BCUT2D eigenvalue weighted by Gasteiger charge is 2.44. The number of nitrogens with zero attached hydrogens (tertiary/aromatic N) is 3. The van der Waals surface area contributed by atoms with Crippen molar-refractivity contribution >= 4 is 17.7 Å². The van der Waals surface area contributed by atoms with Crippen LogP contribution in [0.3, 0.4) is 0 Å². The van der Waals surface area contributed by atoms with Crippen LogP contribution in [0, 0.1) is 11.3 Å². The number of amides is 2. The van der Waals surface area contributed by atoms with E-state index in [4.69, 9.17) is 10.00 Å². The third kappa shape index (κ3) is 4.80. The second-order valence-electron chi connectivity index (χ2n) is 8.80. The number of carbonyl (C=O) groups is 2. The number of hydrogen-bond acceptors (Lipinski definition) is 5. The van der Waals surface area contributed by atoms with E-state index in [-0.39, 0.29) is 18.0 Å². The summed E-state index contributed by atoms with van der Waals surface area (Å²) in [6.07, 6.45) is 2.84. The van der Waals surface area contributed by atoms with E-state index >= 15 is 0 Å². The zero-order valence-electron chi connectivity index (χ0n) is 19.0. The Morgan fingerprint density at radius 3 is 2.21 bits per heavy atom. The van der Waals surface area contributed by atoms with Crippen LogP contribution in [0.25, 0.3) is 0 Å². The van der Waals surface area contributed by atoms with Crippen molar-refractivity contribution in [2.24, 2.45) is 0 Å². The number of methoxy groups -OCH3 is 1. The second-order valence-corrected chi connectivity index (χ2v) is 8.80. The number of nitrogens with one attached hydrogen (secondary N) is 1. The molecule has 7 heteroatoms. The molecule has 2 aromatic carbocycles. The standard InChI is InChI=1S/C26H30N4O3/c1-33-24(31)26(21-5-3-2-4-6-21)13-17-30(18-14-26)25(32)28-22-11-15-29(16-12-22)23-9-7-20(19-27)8-10-23/h2-10,22H,11-18H2,1H3,(H,28,32). The summed E-state index contributed by atoms with van der Waals surface area (Å²) in [5, 5.41) is 12.2. The minimum atomic E-state index is -0.695. The molecule has 0 aliphatic carbocycles. The summed E-state index contributed by atoms with van der Waals surface area (Å²) in [7, 11) is 1.43. The molecule has 1 N–H and O–H groups in total. The number of ether oxygens (including phenoxy) is 1. The summed E-state index contributed by atoms with van der Waals surface area (Å²) in [6.45, 7) is 2.74. The number of nitriles is 1. The summed E-state index contributed by atoms with van der Waals surface area (Å²) in [5.41, 5.74) is 2.02. The second kappa shape index (κ2) is 9.95. The van der Waals surface area contributed by atoms with Gasteiger partial charge in [-0.2, -0.15) is 5.26 Å². The van der Waals surface area contributed by atoms with Gasteiger partial charge in [0.25, 0.3) is 0 Å². The molecule has 2 aromatic rings. The maximum absolute atomic E-state index is 12.9. The van der Waals surface area contributed by atoms with Gasteiger partial charge in [0.2, 0.25) is 0 Å². The highest BCUT2D eigenvalue weighted by atomic mass is 16.5. The highest BCUT2D eigenvalue weighted by Crippen LogP contribution is 2.37. The number of anilines is 1. The zero-order valence-corrected chi connectivity index (χ0v) is 19.0. The highest BCUT2D eigenvalue weighted by molar-refractivity contribution is 5.84. The predicted molar refractivity (Wildman–Crippen MR) is 126 cm³/mol. The fourth-order valence-electron chi connectivity index (χ4n) is 4.95. The normalized spacial score (nSPS) is 18.3. The van der Waals surface area contributed by atoms with E-state index < -0.39 is 5.41 Å². The van der Waals surface area contributed by atoms with E-state index in [1.54, 1.807) is 0 Å². The molecule has 7 nitrogen and oxygen atoms in total. The van der Waals surface area contributed by atoms with Gasteiger partial charge in [0, 0.05) is 37.9 Å².